The highest BCUT2D eigenvalue weighted by Gasteiger charge is 2.17. The van der Waals surface area contributed by atoms with E-state index in [2.05, 4.69) is 25.6 Å². The van der Waals surface area contributed by atoms with Crippen LogP contribution in [0.2, 0.25) is 0 Å². The van der Waals surface area contributed by atoms with Crippen LogP contribution in [-0.2, 0) is 10.0 Å². The molecule has 5 nitrogen and oxygen atoms in total. The number of aromatic nitrogens is 1. The maximum absolute atomic E-state index is 11.9. The average Bonchev–Trinajstić information content (AvgIpc) is 2.65. The highest BCUT2D eigenvalue weighted by molar-refractivity contribution is 9.11. The molecule has 2 heterocycles. The first-order chi connectivity index (χ1) is 7.97. The Hall–Kier alpha value is -1.12. The standard InChI is InChI=1S/C9H8BrN3O2S2/c10-7-1-2-9(16-7)17(14,15)13-8-5-6(11)3-4-12-8/h1-5H,(H3,11,12,13). The molecule has 0 aliphatic heterocycles. The van der Waals surface area contributed by atoms with Gasteiger partial charge in [-0.2, -0.15) is 0 Å². The van der Waals surface area contributed by atoms with Crippen molar-refractivity contribution in [3.8, 4) is 0 Å². The van der Waals surface area contributed by atoms with Crippen molar-refractivity contribution in [2.45, 2.75) is 4.21 Å². The summed E-state index contributed by atoms with van der Waals surface area (Å²) in [6.45, 7) is 0. The number of nitrogens with two attached hydrogens (primary N) is 1. The summed E-state index contributed by atoms with van der Waals surface area (Å²) in [5.74, 6) is 0.203. The van der Waals surface area contributed by atoms with Crippen LogP contribution in [-0.4, -0.2) is 13.4 Å². The van der Waals surface area contributed by atoms with Crippen molar-refractivity contribution in [1.29, 1.82) is 0 Å². The van der Waals surface area contributed by atoms with Gasteiger partial charge in [0.1, 0.15) is 10.0 Å². The Kier molecular flexibility index (Phi) is 3.36. The van der Waals surface area contributed by atoms with E-state index in [0.29, 0.717) is 5.69 Å². The second-order valence-electron chi connectivity index (χ2n) is 3.14. The monoisotopic (exact) mass is 333 g/mol. The van der Waals surface area contributed by atoms with E-state index in [-0.39, 0.29) is 10.0 Å². The van der Waals surface area contributed by atoms with Crippen LogP contribution in [0.15, 0.2) is 38.5 Å². The molecule has 2 rings (SSSR count). The van der Waals surface area contributed by atoms with Crippen LogP contribution in [0.4, 0.5) is 11.5 Å². The van der Waals surface area contributed by atoms with Gasteiger partial charge in [0, 0.05) is 18.0 Å². The van der Waals surface area contributed by atoms with E-state index in [1.54, 1.807) is 12.1 Å². The highest BCUT2D eigenvalue weighted by Crippen LogP contribution is 2.27. The largest absolute Gasteiger partial charge is 0.399 e. The highest BCUT2D eigenvalue weighted by atomic mass is 79.9. The van der Waals surface area contributed by atoms with E-state index in [1.165, 1.54) is 18.3 Å². The molecule has 0 saturated carbocycles. The van der Waals surface area contributed by atoms with E-state index in [0.717, 1.165) is 15.1 Å². The van der Waals surface area contributed by atoms with Crippen LogP contribution in [0.25, 0.3) is 0 Å². The van der Waals surface area contributed by atoms with Crippen LogP contribution in [0.5, 0.6) is 0 Å². The summed E-state index contributed by atoms with van der Waals surface area (Å²) in [5.41, 5.74) is 5.99. The Balaban J connectivity index is 2.29. The summed E-state index contributed by atoms with van der Waals surface area (Å²) < 4.78 is 27.2. The number of hydrogen-bond acceptors (Lipinski definition) is 5. The number of nitrogen functional groups attached to an aromatic ring is 1. The van der Waals surface area contributed by atoms with Crippen molar-refractivity contribution in [1.82, 2.24) is 4.98 Å². The van der Waals surface area contributed by atoms with Crippen molar-refractivity contribution in [2.75, 3.05) is 10.5 Å². The summed E-state index contributed by atoms with van der Waals surface area (Å²) in [4.78, 5) is 3.88. The Bertz CT molecular complexity index is 639. The average molecular weight is 334 g/mol. The van der Waals surface area contributed by atoms with E-state index in [4.69, 9.17) is 5.73 Å². The van der Waals surface area contributed by atoms with Crippen molar-refractivity contribution < 1.29 is 8.42 Å². The fourth-order valence-corrected chi connectivity index (χ4v) is 4.14. The van der Waals surface area contributed by atoms with Gasteiger partial charge in [0.25, 0.3) is 10.0 Å². The van der Waals surface area contributed by atoms with Crippen LogP contribution < -0.4 is 10.5 Å². The number of hydrogen-bond donors (Lipinski definition) is 2. The molecule has 0 bridgehead atoms. The Morgan fingerprint density at radius 3 is 2.71 bits per heavy atom. The Morgan fingerprint density at radius 1 is 1.35 bits per heavy atom. The third-order valence-electron chi connectivity index (χ3n) is 1.84. The summed E-state index contributed by atoms with van der Waals surface area (Å²) in [6, 6.07) is 6.23. The minimum absolute atomic E-state index is 0.203. The number of anilines is 2. The normalized spacial score (nSPS) is 11.4. The Morgan fingerprint density at radius 2 is 2.12 bits per heavy atom. The number of nitrogens with one attached hydrogen (secondary N) is 1. The first-order valence-electron chi connectivity index (χ1n) is 4.47. The predicted octanol–water partition coefficient (Wildman–Crippen LogP) is 2.29. The molecule has 0 atom stereocenters. The van der Waals surface area contributed by atoms with Gasteiger partial charge in [-0.15, -0.1) is 11.3 Å². The van der Waals surface area contributed by atoms with Gasteiger partial charge in [0.15, 0.2) is 0 Å². The van der Waals surface area contributed by atoms with Gasteiger partial charge in [-0.1, -0.05) is 0 Å². The van der Waals surface area contributed by atoms with Crippen LogP contribution in [0.1, 0.15) is 0 Å². The molecule has 90 valence electrons. The van der Waals surface area contributed by atoms with Crippen molar-refractivity contribution in [3.05, 3.63) is 34.2 Å². The maximum Gasteiger partial charge on any atom is 0.272 e. The van der Waals surface area contributed by atoms with Crippen LogP contribution in [0.3, 0.4) is 0 Å². The molecule has 3 N–H and O–H groups in total. The lowest BCUT2D eigenvalue weighted by Gasteiger charge is -2.05. The smallest absolute Gasteiger partial charge is 0.272 e. The molecule has 0 radical (unpaired) electrons. The molecule has 0 unspecified atom stereocenters. The quantitative estimate of drug-likeness (QED) is 0.902. The van der Waals surface area contributed by atoms with Gasteiger partial charge < -0.3 is 5.73 Å². The Labute approximate surface area is 111 Å². The zero-order valence-corrected chi connectivity index (χ0v) is 11.6. The number of pyridine rings is 1. The molecule has 8 heteroatoms. The molecule has 0 aliphatic carbocycles. The predicted molar refractivity (Wildman–Crippen MR) is 71.5 cm³/mol. The van der Waals surface area contributed by atoms with Gasteiger partial charge >= 0.3 is 0 Å². The molecule has 0 fully saturated rings. The molecule has 0 amide bonds. The summed E-state index contributed by atoms with van der Waals surface area (Å²) in [5, 5.41) is 0. The summed E-state index contributed by atoms with van der Waals surface area (Å²) >= 11 is 4.34. The number of thiophene rings is 1. The van der Waals surface area contributed by atoms with E-state index < -0.39 is 10.0 Å². The van der Waals surface area contributed by atoms with Crippen LogP contribution in [0, 0.1) is 0 Å². The maximum atomic E-state index is 11.9. The van der Waals surface area contributed by atoms with Crippen molar-refractivity contribution in [3.63, 3.8) is 0 Å². The van der Waals surface area contributed by atoms with Gasteiger partial charge in [0.2, 0.25) is 0 Å². The minimum Gasteiger partial charge on any atom is -0.399 e. The lowest BCUT2D eigenvalue weighted by molar-refractivity contribution is 0.603. The molecule has 17 heavy (non-hydrogen) atoms. The van der Waals surface area contributed by atoms with Crippen molar-refractivity contribution >= 4 is 48.8 Å². The van der Waals surface area contributed by atoms with Crippen molar-refractivity contribution in [2.24, 2.45) is 0 Å². The lowest BCUT2D eigenvalue weighted by atomic mass is 10.4. The zero-order chi connectivity index (χ0) is 12.5. The second kappa shape index (κ2) is 4.63. The number of nitrogens with zero attached hydrogens (tertiary/aromatic N) is 1. The van der Waals surface area contributed by atoms with Gasteiger partial charge in [-0.3, -0.25) is 4.72 Å². The number of halogens is 1. The number of rotatable bonds is 3. The van der Waals surface area contributed by atoms with E-state index in [1.807, 2.05) is 0 Å². The molecule has 2 aromatic rings. The molecule has 0 aromatic carbocycles. The summed E-state index contributed by atoms with van der Waals surface area (Å²) in [6.07, 6.45) is 1.44. The zero-order valence-electron chi connectivity index (χ0n) is 8.42. The molecular weight excluding hydrogens is 326 g/mol. The van der Waals surface area contributed by atoms with Gasteiger partial charge in [0.05, 0.1) is 3.79 Å². The lowest BCUT2D eigenvalue weighted by Crippen LogP contribution is -2.12. The number of sulfonamides is 1. The second-order valence-corrected chi connectivity index (χ2v) is 7.51. The van der Waals surface area contributed by atoms with Gasteiger partial charge in [-0.05, 0) is 34.1 Å². The first kappa shape index (κ1) is 12.3. The SMILES string of the molecule is Nc1ccnc(NS(=O)(=O)c2ccc(Br)s2)c1. The van der Waals surface area contributed by atoms with E-state index in [9.17, 15) is 8.42 Å². The third-order valence-corrected chi connectivity index (χ3v) is 5.31. The molecular formula is C9H8BrN3O2S2. The fourth-order valence-electron chi connectivity index (χ4n) is 1.13. The third kappa shape index (κ3) is 2.96. The van der Waals surface area contributed by atoms with E-state index >= 15 is 0 Å². The fraction of sp³-hybridized carbons (Fsp3) is 0. The molecule has 2 aromatic heterocycles. The molecule has 0 aliphatic rings. The molecule has 0 spiro atoms. The minimum atomic E-state index is -3.59. The topological polar surface area (TPSA) is 85.1 Å². The van der Waals surface area contributed by atoms with Crippen LogP contribution >= 0.6 is 27.3 Å². The summed E-state index contributed by atoms with van der Waals surface area (Å²) in [7, 11) is -3.59. The van der Waals surface area contributed by atoms with Gasteiger partial charge in [-0.25, -0.2) is 13.4 Å². The first-order valence-corrected chi connectivity index (χ1v) is 7.56. The molecule has 0 saturated heterocycles.